The Morgan fingerprint density at radius 1 is 1.04 bits per heavy atom. The van der Waals surface area contributed by atoms with E-state index >= 15 is 0 Å². The van der Waals surface area contributed by atoms with Crippen molar-refractivity contribution in [1.82, 2.24) is 0 Å². The Hall–Kier alpha value is -2.02. The number of aliphatic imine (C=N–C) groups is 2. The van der Waals surface area contributed by atoms with Crippen LogP contribution in [0.2, 0.25) is 0 Å². The summed E-state index contributed by atoms with van der Waals surface area (Å²) in [5.74, 6) is 0. The molecule has 0 bridgehead atoms. The lowest BCUT2D eigenvalue weighted by Crippen LogP contribution is -2.13. The number of isocyanates is 2. The van der Waals surface area contributed by atoms with Crippen LogP contribution in [0.25, 0.3) is 0 Å². The molecule has 1 aliphatic carbocycles. The summed E-state index contributed by atoms with van der Waals surface area (Å²) < 4.78 is 0. The molecular weight excluding hydrogens is 312 g/mol. The molecule has 2 rings (SSSR count). The Morgan fingerprint density at radius 2 is 1.72 bits per heavy atom. The number of fused-ring (bicyclic) bond motifs is 1. The number of hydrogen-bond acceptors (Lipinski definition) is 4. The van der Waals surface area contributed by atoms with Crippen molar-refractivity contribution in [1.29, 1.82) is 0 Å². The topological polar surface area (TPSA) is 58.9 Å². The van der Waals surface area contributed by atoms with Gasteiger partial charge in [-0.3, -0.25) is 0 Å². The standard InChI is InChI=1S/C21H28N2O2/c1-4-5-6-7-8-9-10-17-18(22-14-24)13-16-11-12-21(2,3)19(16)20(17)23-15-25/h13H,4-12H2,1-3H3. The van der Waals surface area contributed by atoms with Crippen LogP contribution in [0, 0.1) is 0 Å². The van der Waals surface area contributed by atoms with Crippen molar-refractivity contribution in [3.63, 3.8) is 0 Å². The summed E-state index contributed by atoms with van der Waals surface area (Å²) in [6, 6.07) is 1.99. The van der Waals surface area contributed by atoms with E-state index < -0.39 is 0 Å². The van der Waals surface area contributed by atoms with Crippen LogP contribution in [0.5, 0.6) is 0 Å². The van der Waals surface area contributed by atoms with Gasteiger partial charge in [-0.05, 0) is 48.3 Å². The Balaban J connectivity index is 2.35. The normalized spacial score (nSPS) is 14.5. The summed E-state index contributed by atoms with van der Waals surface area (Å²) in [4.78, 5) is 29.9. The number of unbranched alkanes of at least 4 members (excludes halogenated alkanes) is 5. The second-order valence-electron chi connectivity index (χ2n) is 7.56. The third kappa shape index (κ3) is 4.54. The largest absolute Gasteiger partial charge is 0.240 e. The number of rotatable bonds is 9. The Labute approximate surface area is 150 Å². The minimum absolute atomic E-state index is 0.0235. The molecule has 0 radical (unpaired) electrons. The fraction of sp³-hybridized carbons (Fsp3) is 0.619. The molecule has 0 saturated carbocycles. The first-order valence-electron chi connectivity index (χ1n) is 9.40. The second-order valence-corrected chi connectivity index (χ2v) is 7.56. The van der Waals surface area contributed by atoms with Gasteiger partial charge in [-0.15, -0.1) is 0 Å². The quantitative estimate of drug-likeness (QED) is 0.326. The van der Waals surface area contributed by atoms with Crippen molar-refractivity contribution in [2.75, 3.05) is 0 Å². The molecule has 0 unspecified atom stereocenters. The molecule has 0 atom stereocenters. The molecule has 0 amide bonds. The zero-order valence-electron chi connectivity index (χ0n) is 15.7. The summed E-state index contributed by atoms with van der Waals surface area (Å²) >= 11 is 0. The second kappa shape index (κ2) is 8.89. The summed E-state index contributed by atoms with van der Waals surface area (Å²) in [6.07, 6.45) is 13.2. The van der Waals surface area contributed by atoms with Crippen LogP contribution in [0.1, 0.15) is 82.4 Å². The van der Waals surface area contributed by atoms with Crippen LogP contribution >= 0.6 is 0 Å². The van der Waals surface area contributed by atoms with Gasteiger partial charge in [0, 0.05) is 5.56 Å². The molecule has 0 fully saturated rings. The number of benzene rings is 1. The average Bonchev–Trinajstić information content (AvgIpc) is 2.88. The zero-order chi connectivity index (χ0) is 18.3. The summed E-state index contributed by atoms with van der Waals surface area (Å²) in [7, 11) is 0. The fourth-order valence-corrected chi connectivity index (χ4v) is 3.92. The first-order valence-corrected chi connectivity index (χ1v) is 9.40. The average molecular weight is 340 g/mol. The molecule has 0 N–H and O–H groups in total. The van der Waals surface area contributed by atoms with Crippen molar-refractivity contribution in [3.8, 4) is 0 Å². The van der Waals surface area contributed by atoms with Gasteiger partial charge in [0.1, 0.15) is 0 Å². The smallest absolute Gasteiger partial charge is 0.211 e. The minimum atomic E-state index is -0.0235. The van der Waals surface area contributed by atoms with Crippen LogP contribution in [0.4, 0.5) is 11.4 Å². The van der Waals surface area contributed by atoms with E-state index in [0.29, 0.717) is 11.4 Å². The van der Waals surface area contributed by atoms with Gasteiger partial charge in [-0.25, -0.2) is 9.59 Å². The van der Waals surface area contributed by atoms with Gasteiger partial charge in [0.25, 0.3) is 0 Å². The SMILES string of the molecule is CCCCCCCCc1c(N=C=O)cc2c(c1N=C=O)C(C)(C)CC2. The molecule has 0 saturated heterocycles. The zero-order valence-corrected chi connectivity index (χ0v) is 15.7. The van der Waals surface area contributed by atoms with Crippen molar-refractivity contribution in [3.05, 3.63) is 22.8 Å². The molecule has 0 spiro atoms. The van der Waals surface area contributed by atoms with E-state index in [1.54, 1.807) is 12.2 Å². The first-order chi connectivity index (χ1) is 12.0. The molecule has 4 nitrogen and oxygen atoms in total. The van der Waals surface area contributed by atoms with Gasteiger partial charge in [0.2, 0.25) is 12.2 Å². The van der Waals surface area contributed by atoms with Crippen molar-refractivity contribution >= 4 is 23.5 Å². The Morgan fingerprint density at radius 3 is 2.40 bits per heavy atom. The predicted octanol–water partition coefficient (Wildman–Crippen LogP) is 5.75. The Bertz CT molecular complexity index is 709. The highest BCUT2D eigenvalue weighted by atomic mass is 16.1. The number of nitrogens with zero attached hydrogens (tertiary/aromatic N) is 2. The van der Waals surface area contributed by atoms with Gasteiger partial charge in [0.05, 0.1) is 11.4 Å². The lowest BCUT2D eigenvalue weighted by Gasteiger charge is -2.23. The molecule has 0 aromatic heterocycles. The molecule has 134 valence electrons. The third-order valence-electron chi connectivity index (χ3n) is 5.26. The number of aryl methyl sites for hydroxylation is 1. The van der Waals surface area contributed by atoms with Crippen LogP contribution in [0.3, 0.4) is 0 Å². The van der Waals surface area contributed by atoms with E-state index in [0.717, 1.165) is 48.8 Å². The molecule has 1 aliphatic rings. The van der Waals surface area contributed by atoms with E-state index in [9.17, 15) is 9.59 Å². The summed E-state index contributed by atoms with van der Waals surface area (Å²) in [5, 5.41) is 0. The lowest BCUT2D eigenvalue weighted by molar-refractivity contribution is 0.522. The molecule has 1 aromatic rings. The fourth-order valence-electron chi connectivity index (χ4n) is 3.92. The maximum Gasteiger partial charge on any atom is 0.240 e. The van der Waals surface area contributed by atoms with Gasteiger partial charge in [0.15, 0.2) is 0 Å². The van der Waals surface area contributed by atoms with Gasteiger partial charge >= 0.3 is 0 Å². The van der Waals surface area contributed by atoms with Crippen molar-refractivity contribution < 1.29 is 9.59 Å². The van der Waals surface area contributed by atoms with Crippen molar-refractivity contribution in [2.24, 2.45) is 9.98 Å². The molecule has 0 aliphatic heterocycles. The predicted molar refractivity (Wildman–Crippen MR) is 100 cm³/mol. The van der Waals surface area contributed by atoms with Gasteiger partial charge in [-0.1, -0.05) is 52.9 Å². The Kier molecular flexibility index (Phi) is 6.87. The highest BCUT2D eigenvalue weighted by Crippen LogP contribution is 2.48. The summed E-state index contributed by atoms with van der Waals surface area (Å²) in [6.45, 7) is 6.57. The van der Waals surface area contributed by atoms with Crippen LogP contribution < -0.4 is 0 Å². The van der Waals surface area contributed by atoms with E-state index in [-0.39, 0.29) is 5.41 Å². The molecule has 4 heteroatoms. The van der Waals surface area contributed by atoms with Gasteiger partial charge in [-0.2, -0.15) is 9.98 Å². The lowest BCUT2D eigenvalue weighted by atomic mass is 9.83. The molecule has 1 aromatic carbocycles. The van der Waals surface area contributed by atoms with E-state index in [1.807, 2.05) is 6.07 Å². The van der Waals surface area contributed by atoms with Crippen LogP contribution in [-0.4, -0.2) is 12.2 Å². The third-order valence-corrected chi connectivity index (χ3v) is 5.26. The maximum absolute atomic E-state index is 11.1. The van der Waals surface area contributed by atoms with Crippen LogP contribution in [-0.2, 0) is 27.8 Å². The number of hydrogen-bond donors (Lipinski definition) is 0. The van der Waals surface area contributed by atoms with E-state index in [1.165, 1.54) is 25.7 Å². The molecule has 25 heavy (non-hydrogen) atoms. The maximum atomic E-state index is 11.1. The monoisotopic (exact) mass is 340 g/mol. The number of carbonyl (C=O) groups excluding carboxylic acids is 2. The minimum Gasteiger partial charge on any atom is -0.211 e. The van der Waals surface area contributed by atoms with Crippen LogP contribution in [0.15, 0.2) is 16.1 Å². The van der Waals surface area contributed by atoms with E-state index in [2.05, 4.69) is 30.8 Å². The molecule has 0 heterocycles. The van der Waals surface area contributed by atoms with E-state index in [4.69, 9.17) is 0 Å². The molecular formula is C21H28N2O2. The highest BCUT2D eigenvalue weighted by molar-refractivity contribution is 5.73. The summed E-state index contributed by atoms with van der Waals surface area (Å²) in [5.41, 5.74) is 4.45. The first kappa shape index (κ1) is 19.3. The highest BCUT2D eigenvalue weighted by Gasteiger charge is 2.34. The van der Waals surface area contributed by atoms with Crippen molar-refractivity contribution in [2.45, 2.75) is 84.0 Å². The van der Waals surface area contributed by atoms with Gasteiger partial charge < -0.3 is 0 Å².